The number of hydrogen-bond acceptors (Lipinski definition) is 4. The van der Waals surface area contributed by atoms with Gasteiger partial charge in [-0.15, -0.1) is 0 Å². The second kappa shape index (κ2) is 7.24. The molecule has 0 aromatic carbocycles. The summed E-state index contributed by atoms with van der Waals surface area (Å²) in [6.07, 6.45) is 0.479. The molecule has 0 unspecified atom stereocenters. The highest BCUT2D eigenvalue weighted by atomic mass is 16.4. The summed E-state index contributed by atoms with van der Waals surface area (Å²) in [5, 5.41) is 20.2. The molecular formula is C11H22N2O4. The van der Waals surface area contributed by atoms with Crippen LogP contribution in [0.3, 0.4) is 0 Å². The Bertz CT molecular complexity index is 266. The van der Waals surface area contributed by atoms with Crippen molar-refractivity contribution < 1.29 is 19.8 Å². The van der Waals surface area contributed by atoms with Crippen LogP contribution in [0.2, 0.25) is 0 Å². The van der Waals surface area contributed by atoms with Crippen molar-refractivity contribution in [2.45, 2.75) is 32.2 Å². The number of rotatable bonds is 8. The van der Waals surface area contributed by atoms with Gasteiger partial charge >= 0.3 is 5.97 Å². The molecule has 0 radical (unpaired) electrons. The first-order chi connectivity index (χ1) is 7.79. The normalized spacial score (nSPS) is 11.6. The van der Waals surface area contributed by atoms with Crippen LogP contribution in [0.5, 0.6) is 0 Å². The van der Waals surface area contributed by atoms with Crippen LogP contribution in [0.25, 0.3) is 0 Å². The molecule has 0 saturated carbocycles. The van der Waals surface area contributed by atoms with E-state index < -0.39 is 11.5 Å². The molecule has 0 aliphatic heterocycles. The average molecular weight is 246 g/mol. The van der Waals surface area contributed by atoms with Crippen LogP contribution in [0.4, 0.5) is 0 Å². The maximum atomic E-state index is 11.5. The van der Waals surface area contributed by atoms with Gasteiger partial charge in [0.1, 0.15) is 0 Å². The van der Waals surface area contributed by atoms with Crippen LogP contribution in [0.1, 0.15) is 26.7 Å². The monoisotopic (exact) mass is 246 g/mol. The fourth-order valence-electron chi connectivity index (χ4n) is 1.07. The summed E-state index contributed by atoms with van der Waals surface area (Å²) in [5.41, 5.74) is -0.446. The van der Waals surface area contributed by atoms with E-state index in [1.54, 1.807) is 11.9 Å². The van der Waals surface area contributed by atoms with Crippen LogP contribution in [0.15, 0.2) is 0 Å². The number of aliphatic carboxylic acids is 1. The molecule has 0 aliphatic carbocycles. The van der Waals surface area contributed by atoms with Crippen LogP contribution >= 0.6 is 0 Å². The van der Waals surface area contributed by atoms with E-state index in [0.717, 1.165) is 0 Å². The van der Waals surface area contributed by atoms with Crippen molar-refractivity contribution in [2.24, 2.45) is 0 Å². The average Bonchev–Trinajstić information content (AvgIpc) is 2.24. The van der Waals surface area contributed by atoms with Crippen LogP contribution in [-0.2, 0) is 9.59 Å². The number of amides is 1. The number of nitrogens with one attached hydrogen (secondary N) is 1. The molecule has 0 bridgehead atoms. The van der Waals surface area contributed by atoms with E-state index in [9.17, 15) is 9.59 Å². The molecule has 0 aromatic heterocycles. The molecule has 0 fully saturated rings. The quantitative estimate of drug-likeness (QED) is 0.510. The third-order valence-corrected chi connectivity index (χ3v) is 2.69. The maximum absolute atomic E-state index is 11.5. The number of aliphatic hydroxyl groups is 1. The summed E-state index contributed by atoms with van der Waals surface area (Å²) in [6, 6.07) is 0. The van der Waals surface area contributed by atoms with E-state index in [0.29, 0.717) is 13.0 Å². The number of likely N-dealkylation sites (N-methyl/N-ethyl adjacent to an activating group) is 1. The van der Waals surface area contributed by atoms with Gasteiger partial charge in [-0.2, -0.15) is 0 Å². The van der Waals surface area contributed by atoms with E-state index in [1.165, 1.54) is 0 Å². The Hall–Kier alpha value is -1.14. The lowest BCUT2D eigenvalue weighted by Gasteiger charge is -2.33. The van der Waals surface area contributed by atoms with E-state index in [2.05, 4.69) is 5.32 Å². The van der Waals surface area contributed by atoms with Crippen LogP contribution in [-0.4, -0.2) is 59.3 Å². The number of carboxylic acids is 1. The molecule has 0 aliphatic rings. The van der Waals surface area contributed by atoms with Gasteiger partial charge in [-0.25, -0.2) is 0 Å². The van der Waals surface area contributed by atoms with Crippen molar-refractivity contribution in [2.75, 3.05) is 26.7 Å². The molecule has 6 heteroatoms. The molecule has 3 N–H and O–H groups in total. The summed E-state index contributed by atoms with van der Waals surface area (Å²) in [4.78, 5) is 23.5. The fraction of sp³-hybridized carbons (Fsp3) is 0.818. The Morgan fingerprint density at radius 3 is 2.41 bits per heavy atom. The van der Waals surface area contributed by atoms with Crippen LogP contribution in [0, 0.1) is 0 Å². The predicted octanol–water partition coefficient (Wildman–Crippen LogP) is -0.330. The van der Waals surface area contributed by atoms with Gasteiger partial charge < -0.3 is 15.5 Å². The first kappa shape index (κ1) is 15.9. The van der Waals surface area contributed by atoms with E-state index in [1.807, 2.05) is 13.8 Å². The van der Waals surface area contributed by atoms with Gasteiger partial charge in [0, 0.05) is 18.5 Å². The molecule has 0 rings (SSSR count). The number of nitrogens with zero attached hydrogens (tertiary/aromatic N) is 1. The Balaban J connectivity index is 3.83. The molecule has 0 saturated heterocycles. The number of hydrogen-bond donors (Lipinski definition) is 3. The van der Waals surface area contributed by atoms with Crippen molar-refractivity contribution in [3.8, 4) is 0 Å². The molecule has 0 aromatic rings. The first-order valence-electron chi connectivity index (χ1n) is 5.60. The highest BCUT2D eigenvalue weighted by Crippen LogP contribution is 2.09. The van der Waals surface area contributed by atoms with Crippen molar-refractivity contribution in [3.63, 3.8) is 0 Å². The summed E-state index contributed by atoms with van der Waals surface area (Å²) in [7, 11) is 1.76. The van der Waals surface area contributed by atoms with E-state index in [4.69, 9.17) is 10.2 Å². The standard InChI is InChI=1S/C11H22N2O4/c1-11(2,8-14)13(3)7-9(15)12-6-4-5-10(16)17/h14H,4-8H2,1-3H3,(H,12,15)(H,16,17). The van der Waals surface area contributed by atoms with Gasteiger partial charge in [0.2, 0.25) is 5.91 Å². The fourth-order valence-corrected chi connectivity index (χ4v) is 1.07. The lowest BCUT2D eigenvalue weighted by molar-refractivity contribution is -0.137. The number of carboxylic acid groups (broad SMARTS) is 1. The Kier molecular flexibility index (Phi) is 6.75. The first-order valence-corrected chi connectivity index (χ1v) is 5.60. The second-order valence-corrected chi connectivity index (χ2v) is 4.67. The smallest absolute Gasteiger partial charge is 0.303 e. The molecule has 0 atom stereocenters. The maximum Gasteiger partial charge on any atom is 0.303 e. The van der Waals surface area contributed by atoms with E-state index in [-0.39, 0.29) is 25.5 Å². The van der Waals surface area contributed by atoms with Crippen molar-refractivity contribution in [1.29, 1.82) is 0 Å². The second-order valence-electron chi connectivity index (χ2n) is 4.67. The minimum atomic E-state index is -0.863. The molecule has 1 amide bonds. The Labute approximate surface area is 102 Å². The Morgan fingerprint density at radius 1 is 1.35 bits per heavy atom. The third kappa shape index (κ3) is 6.91. The lowest BCUT2D eigenvalue weighted by atomic mass is 10.1. The highest BCUT2D eigenvalue weighted by molar-refractivity contribution is 5.78. The molecule has 17 heavy (non-hydrogen) atoms. The zero-order valence-corrected chi connectivity index (χ0v) is 10.7. The third-order valence-electron chi connectivity index (χ3n) is 2.69. The number of aliphatic hydroxyl groups excluding tert-OH is 1. The number of carbonyl (C=O) groups is 2. The highest BCUT2D eigenvalue weighted by Gasteiger charge is 2.23. The van der Waals surface area contributed by atoms with E-state index >= 15 is 0 Å². The lowest BCUT2D eigenvalue weighted by Crippen LogP contribution is -2.48. The zero-order chi connectivity index (χ0) is 13.5. The minimum Gasteiger partial charge on any atom is -0.481 e. The minimum absolute atomic E-state index is 0.0320. The van der Waals surface area contributed by atoms with Crippen molar-refractivity contribution >= 4 is 11.9 Å². The largest absolute Gasteiger partial charge is 0.481 e. The SMILES string of the molecule is CN(CC(=O)NCCCC(=O)O)C(C)(C)CO. The zero-order valence-electron chi connectivity index (χ0n) is 10.7. The van der Waals surface area contributed by atoms with Gasteiger partial charge in [0.25, 0.3) is 0 Å². The Morgan fingerprint density at radius 2 is 1.94 bits per heavy atom. The predicted molar refractivity (Wildman–Crippen MR) is 63.7 cm³/mol. The summed E-state index contributed by atoms with van der Waals surface area (Å²) < 4.78 is 0. The summed E-state index contributed by atoms with van der Waals surface area (Å²) in [5.74, 6) is -1.03. The van der Waals surface area contributed by atoms with Gasteiger partial charge in [-0.3, -0.25) is 14.5 Å². The van der Waals surface area contributed by atoms with Gasteiger partial charge in [0.15, 0.2) is 0 Å². The van der Waals surface area contributed by atoms with Gasteiger partial charge in [-0.05, 0) is 27.3 Å². The molecule has 0 spiro atoms. The molecular weight excluding hydrogens is 224 g/mol. The molecule has 6 nitrogen and oxygen atoms in total. The van der Waals surface area contributed by atoms with Gasteiger partial charge in [-0.1, -0.05) is 0 Å². The van der Waals surface area contributed by atoms with Gasteiger partial charge in [0.05, 0.1) is 13.2 Å². The number of carbonyl (C=O) groups excluding carboxylic acids is 1. The summed E-state index contributed by atoms with van der Waals surface area (Å²) >= 11 is 0. The van der Waals surface area contributed by atoms with Crippen molar-refractivity contribution in [1.82, 2.24) is 10.2 Å². The molecule has 100 valence electrons. The van der Waals surface area contributed by atoms with Crippen molar-refractivity contribution in [3.05, 3.63) is 0 Å². The summed E-state index contributed by atoms with van der Waals surface area (Å²) in [6.45, 7) is 4.18. The molecule has 0 heterocycles. The van der Waals surface area contributed by atoms with Crippen LogP contribution < -0.4 is 5.32 Å². The topological polar surface area (TPSA) is 89.9 Å².